The van der Waals surface area contributed by atoms with Gasteiger partial charge in [0, 0.05) is 13.1 Å². The lowest BCUT2D eigenvalue weighted by molar-refractivity contribution is -0.147. The van der Waals surface area contributed by atoms with Crippen LogP contribution >= 0.6 is 12.2 Å². The first-order valence-electron chi connectivity index (χ1n) is 7.62. The van der Waals surface area contributed by atoms with Gasteiger partial charge in [0.05, 0.1) is 26.1 Å². The fraction of sp³-hybridized carbons (Fsp3) is 0.400. The van der Waals surface area contributed by atoms with E-state index in [1.807, 2.05) is 11.0 Å². The zero-order valence-corrected chi connectivity index (χ0v) is 14.0. The molecule has 0 aliphatic carbocycles. The molecule has 0 bridgehead atoms. The molecular formula is C15H16F3N5OS. The third-order valence-electron chi connectivity index (χ3n) is 3.63. The van der Waals surface area contributed by atoms with Crippen LogP contribution in [0.15, 0.2) is 35.4 Å². The third-order valence-corrected chi connectivity index (χ3v) is 4.01. The molecule has 25 heavy (non-hydrogen) atoms. The maximum absolute atomic E-state index is 13.3. The van der Waals surface area contributed by atoms with Crippen molar-refractivity contribution in [1.29, 1.82) is 0 Å². The Bertz CT molecular complexity index is 794. The van der Waals surface area contributed by atoms with Crippen LogP contribution in [0.25, 0.3) is 0 Å². The maximum Gasteiger partial charge on any atom is 0.453 e. The van der Waals surface area contributed by atoms with Gasteiger partial charge in [-0.05, 0) is 17.8 Å². The molecule has 1 fully saturated rings. The summed E-state index contributed by atoms with van der Waals surface area (Å²) in [5.41, 5.74) is 0.665. The molecule has 0 radical (unpaired) electrons. The molecule has 6 nitrogen and oxygen atoms in total. The van der Waals surface area contributed by atoms with E-state index in [0.717, 1.165) is 4.68 Å². The fourth-order valence-corrected chi connectivity index (χ4v) is 2.60. The van der Waals surface area contributed by atoms with Gasteiger partial charge in [-0.15, -0.1) is 5.10 Å². The molecule has 1 aromatic heterocycles. The Balaban J connectivity index is 1.92. The standard InChI is InChI=1S/C15H16F3N5OS/c16-15(17,18)13-20-22(11-21-6-8-24-9-7-21)14(25)23(13)19-10-12-4-2-1-3-5-12/h1-5,10H,6-9,11H2/b19-10+. The molecule has 1 aliphatic rings. The first-order valence-corrected chi connectivity index (χ1v) is 8.02. The number of hydrogen-bond acceptors (Lipinski definition) is 5. The van der Waals surface area contributed by atoms with E-state index >= 15 is 0 Å². The molecule has 0 unspecified atom stereocenters. The van der Waals surface area contributed by atoms with Gasteiger partial charge in [0.15, 0.2) is 0 Å². The number of alkyl halides is 3. The molecule has 2 heterocycles. The minimum absolute atomic E-state index is 0.106. The Morgan fingerprint density at radius 3 is 2.52 bits per heavy atom. The molecule has 0 N–H and O–H groups in total. The van der Waals surface area contributed by atoms with Crippen molar-refractivity contribution in [3.05, 3.63) is 46.5 Å². The van der Waals surface area contributed by atoms with E-state index < -0.39 is 12.0 Å². The summed E-state index contributed by atoms with van der Waals surface area (Å²) in [6, 6.07) is 8.82. The Kier molecular flexibility index (Phi) is 5.30. The highest BCUT2D eigenvalue weighted by atomic mass is 32.1. The normalized spacial score (nSPS) is 16.6. The Morgan fingerprint density at radius 2 is 1.88 bits per heavy atom. The van der Waals surface area contributed by atoms with Gasteiger partial charge in [0.25, 0.3) is 5.82 Å². The predicted molar refractivity (Wildman–Crippen MR) is 87.9 cm³/mol. The largest absolute Gasteiger partial charge is 0.453 e. The smallest absolute Gasteiger partial charge is 0.379 e. The van der Waals surface area contributed by atoms with E-state index in [0.29, 0.717) is 36.5 Å². The highest BCUT2D eigenvalue weighted by Gasteiger charge is 2.38. The molecule has 0 spiro atoms. The molecule has 134 valence electrons. The summed E-state index contributed by atoms with van der Waals surface area (Å²) < 4.78 is 46.8. The average Bonchev–Trinajstić information content (AvgIpc) is 2.91. The maximum atomic E-state index is 13.3. The lowest BCUT2D eigenvalue weighted by Crippen LogP contribution is -2.37. The van der Waals surface area contributed by atoms with E-state index in [2.05, 4.69) is 10.2 Å². The highest BCUT2D eigenvalue weighted by molar-refractivity contribution is 7.71. The first kappa shape index (κ1) is 17.8. The summed E-state index contributed by atoms with van der Waals surface area (Å²) in [5.74, 6) is -1.14. The minimum atomic E-state index is -4.65. The van der Waals surface area contributed by atoms with Gasteiger partial charge in [-0.25, -0.2) is 4.68 Å². The van der Waals surface area contributed by atoms with Crippen molar-refractivity contribution in [3.8, 4) is 0 Å². The molecular weight excluding hydrogens is 355 g/mol. The molecule has 0 atom stereocenters. The van der Waals surface area contributed by atoms with Crippen molar-refractivity contribution < 1.29 is 17.9 Å². The van der Waals surface area contributed by atoms with Gasteiger partial charge in [0.1, 0.15) is 0 Å². The van der Waals surface area contributed by atoms with Crippen molar-refractivity contribution in [2.24, 2.45) is 5.10 Å². The Morgan fingerprint density at radius 1 is 1.20 bits per heavy atom. The predicted octanol–water partition coefficient (Wildman–Crippen LogP) is 2.60. The second kappa shape index (κ2) is 7.46. The van der Waals surface area contributed by atoms with Crippen molar-refractivity contribution in [2.75, 3.05) is 26.3 Å². The number of aromatic nitrogens is 3. The lowest BCUT2D eigenvalue weighted by atomic mass is 10.2. The van der Waals surface area contributed by atoms with E-state index in [1.54, 1.807) is 24.3 Å². The van der Waals surface area contributed by atoms with Gasteiger partial charge in [0.2, 0.25) is 4.77 Å². The molecule has 0 saturated carbocycles. The lowest BCUT2D eigenvalue weighted by Gasteiger charge is -2.25. The summed E-state index contributed by atoms with van der Waals surface area (Å²) >= 11 is 5.16. The summed E-state index contributed by atoms with van der Waals surface area (Å²) in [6.07, 6.45) is -3.33. The number of halogens is 3. The zero-order chi connectivity index (χ0) is 17.9. The van der Waals surface area contributed by atoms with Crippen molar-refractivity contribution in [2.45, 2.75) is 12.8 Å². The second-order valence-electron chi connectivity index (χ2n) is 5.44. The van der Waals surface area contributed by atoms with Crippen molar-refractivity contribution >= 4 is 18.4 Å². The number of hydrogen-bond donors (Lipinski definition) is 0. The van der Waals surface area contributed by atoms with Gasteiger partial charge in [-0.2, -0.15) is 22.9 Å². The summed E-state index contributed by atoms with van der Waals surface area (Å²) in [7, 11) is 0. The number of rotatable bonds is 4. The molecule has 0 amide bonds. The fourth-order valence-electron chi connectivity index (χ4n) is 2.37. The summed E-state index contributed by atoms with van der Waals surface area (Å²) in [5, 5.41) is 7.54. The first-order chi connectivity index (χ1) is 11.9. The summed E-state index contributed by atoms with van der Waals surface area (Å²) in [6.45, 7) is 2.46. The molecule has 3 rings (SSSR count). The Hall–Kier alpha value is -2.04. The topological polar surface area (TPSA) is 47.6 Å². The number of nitrogens with zero attached hydrogens (tertiary/aromatic N) is 5. The number of morpholine rings is 1. The van der Waals surface area contributed by atoms with Crippen LogP contribution in [-0.2, 0) is 17.6 Å². The van der Waals surface area contributed by atoms with Crippen LogP contribution in [0.5, 0.6) is 0 Å². The van der Waals surface area contributed by atoms with Crippen LogP contribution in [0.4, 0.5) is 13.2 Å². The summed E-state index contributed by atoms with van der Waals surface area (Å²) in [4.78, 5) is 1.93. The van der Waals surface area contributed by atoms with Gasteiger partial charge < -0.3 is 4.74 Å². The molecule has 10 heteroatoms. The highest BCUT2D eigenvalue weighted by Crippen LogP contribution is 2.28. The molecule has 1 aromatic carbocycles. The number of benzene rings is 1. The quantitative estimate of drug-likeness (QED) is 0.612. The van der Waals surface area contributed by atoms with E-state index in [9.17, 15) is 13.2 Å². The third kappa shape index (κ3) is 4.33. The molecule has 1 saturated heterocycles. The second-order valence-corrected chi connectivity index (χ2v) is 5.81. The van der Waals surface area contributed by atoms with Crippen LogP contribution in [0.1, 0.15) is 11.4 Å². The van der Waals surface area contributed by atoms with Crippen LogP contribution < -0.4 is 0 Å². The van der Waals surface area contributed by atoms with Gasteiger partial charge in [-0.3, -0.25) is 4.90 Å². The Labute approximate surface area is 147 Å². The zero-order valence-electron chi connectivity index (χ0n) is 13.2. The van der Waals surface area contributed by atoms with Crippen LogP contribution in [0.2, 0.25) is 0 Å². The van der Waals surface area contributed by atoms with Gasteiger partial charge in [-0.1, -0.05) is 30.3 Å². The van der Waals surface area contributed by atoms with E-state index in [4.69, 9.17) is 17.0 Å². The van der Waals surface area contributed by atoms with Crippen LogP contribution in [0, 0.1) is 4.77 Å². The van der Waals surface area contributed by atoms with Crippen LogP contribution in [0.3, 0.4) is 0 Å². The van der Waals surface area contributed by atoms with Crippen molar-refractivity contribution in [1.82, 2.24) is 19.4 Å². The SMILES string of the molecule is FC(F)(F)c1nn(CN2CCOCC2)c(=S)n1/N=C/c1ccccc1. The van der Waals surface area contributed by atoms with E-state index in [-0.39, 0.29) is 11.4 Å². The van der Waals surface area contributed by atoms with E-state index in [1.165, 1.54) is 6.21 Å². The van der Waals surface area contributed by atoms with Gasteiger partial charge >= 0.3 is 6.18 Å². The number of ether oxygens (including phenoxy) is 1. The molecule has 2 aromatic rings. The van der Waals surface area contributed by atoms with Crippen LogP contribution in [-0.4, -0.2) is 51.9 Å². The van der Waals surface area contributed by atoms with Crippen molar-refractivity contribution in [3.63, 3.8) is 0 Å². The molecule has 1 aliphatic heterocycles. The monoisotopic (exact) mass is 371 g/mol. The average molecular weight is 371 g/mol. The minimum Gasteiger partial charge on any atom is -0.379 e.